The first-order chi connectivity index (χ1) is 8.25. The maximum Gasteiger partial charge on any atom is 0.0846 e. The summed E-state index contributed by atoms with van der Waals surface area (Å²) in [5.74, 6) is 0. The Labute approximate surface area is 93.0 Å². The Kier molecular flexibility index (Phi) is 1.21. The van der Waals surface area contributed by atoms with E-state index in [0.29, 0.717) is 15.4 Å². The highest BCUT2D eigenvalue weighted by Crippen LogP contribution is 2.24. The summed E-state index contributed by atoms with van der Waals surface area (Å²) in [6, 6.07) is 6.44. The zero-order chi connectivity index (χ0) is 13.6. The molecule has 0 aliphatic rings. The van der Waals surface area contributed by atoms with E-state index in [1.54, 1.807) is 24.4 Å². The van der Waals surface area contributed by atoms with E-state index in [9.17, 15) is 0 Å². The van der Waals surface area contributed by atoms with Crippen molar-refractivity contribution in [3.63, 3.8) is 0 Å². The second-order valence-electron chi connectivity index (χ2n) is 2.62. The van der Waals surface area contributed by atoms with Gasteiger partial charge < -0.3 is 0 Å². The lowest BCUT2D eigenvalue weighted by Gasteiger charge is -2.04. The minimum atomic E-state index is -2.72. The van der Waals surface area contributed by atoms with Gasteiger partial charge in [0.2, 0.25) is 0 Å². The Morgan fingerprint density at radius 3 is 3.31 bits per heavy atom. The molecule has 2 heteroatoms. The van der Waals surface area contributed by atoms with Crippen LogP contribution in [0.3, 0.4) is 0 Å². The molecule has 0 bridgehead atoms. The van der Waals surface area contributed by atoms with Gasteiger partial charge in [-0.05, 0) is 40.0 Å². The molecular weight excluding hydrogens is 226 g/mol. The molecule has 0 fully saturated rings. The highest BCUT2D eigenvalue weighted by Gasteiger charge is 2.02. The maximum absolute atomic E-state index is 7.83. The number of hydrogen-bond acceptors (Lipinski definition) is 1. The minimum absolute atomic E-state index is 0.133. The molecule has 1 heterocycles. The fourth-order valence-corrected chi connectivity index (χ4v) is 1.70. The van der Waals surface area contributed by atoms with Crippen molar-refractivity contribution in [1.29, 1.82) is 0 Å². The van der Waals surface area contributed by atoms with Gasteiger partial charge >= 0.3 is 0 Å². The summed E-state index contributed by atoms with van der Waals surface area (Å²) in [5, 5.41) is 0.507. The van der Waals surface area contributed by atoms with Crippen molar-refractivity contribution in [2.24, 2.45) is 0 Å². The Bertz CT molecular complexity index is 593. The zero-order valence-electron chi connectivity index (χ0n) is 11.7. The number of fused-ring (bicyclic) bond motifs is 1. The van der Waals surface area contributed by atoms with Crippen LogP contribution < -0.4 is 0 Å². The molecule has 0 unspecified atom stereocenters. The molecule has 66 valence electrons. The topological polar surface area (TPSA) is 12.9 Å². The van der Waals surface area contributed by atoms with Gasteiger partial charge in [-0.2, -0.15) is 0 Å². The number of aryl methyl sites for hydroxylation is 1. The van der Waals surface area contributed by atoms with Crippen LogP contribution in [0, 0.1) is 0 Å². The van der Waals surface area contributed by atoms with Crippen LogP contribution in [0.25, 0.3) is 10.9 Å². The summed E-state index contributed by atoms with van der Waals surface area (Å²) in [4.78, 5) is 4.14. The Balaban J connectivity index is 2.78. The molecule has 0 amide bonds. The van der Waals surface area contributed by atoms with Crippen LogP contribution in [0.15, 0.2) is 34.9 Å². The summed E-state index contributed by atoms with van der Waals surface area (Å²) in [5.41, 5.74) is 0.692. The third kappa shape index (κ3) is 1.46. The highest BCUT2D eigenvalue weighted by atomic mass is 79.9. The number of benzene rings is 1. The Hall–Kier alpha value is -0.890. The van der Waals surface area contributed by atoms with Crippen LogP contribution in [0.4, 0.5) is 0 Å². The molecule has 1 aromatic heterocycles. The van der Waals surface area contributed by atoms with Crippen molar-refractivity contribution in [3.05, 3.63) is 40.5 Å². The summed E-state index contributed by atoms with van der Waals surface area (Å²) in [6.07, 6.45) is -0.823. The fourth-order valence-electron chi connectivity index (χ4n) is 1.25. The zero-order valence-corrected chi connectivity index (χ0v) is 8.30. The molecular formula is C11H10BrN. The molecule has 1 aromatic carbocycles. The first kappa shape index (κ1) is 4.56. The van der Waals surface area contributed by atoms with Gasteiger partial charge in [0.05, 0.1) is 5.52 Å². The van der Waals surface area contributed by atoms with Crippen molar-refractivity contribution in [1.82, 2.24) is 4.98 Å². The molecule has 0 atom stereocenters. The number of pyridine rings is 1. The number of hydrogen-bond donors (Lipinski definition) is 0. The lowest BCUT2D eigenvalue weighted by molar-refractivity contribution is 1.15. The second kappa shape index (κ2) is 3.46. The van der Waals surface area contributed by atoms with E-state index in [-0.39, 0.29) is 5.56 Å². The largest absolute Gasteiger partial charge is 0.255 e. The Morgan fingerprint density at radius 1 is 1.54 bits per heavy atom. The number of nitrogens with zero attached hydrogens (tertiary/aromatic N) is 1. The number of halogens is 1. The molecule has 13 heavy (non-hydrogen) atoms. The minimum Gasteiger partial charge on any atom is -0.255 e. The molecule has 2 aromatic rings. The van der Waals surface area contributed by atoms with E-state index < -0.39 is 13.2 Å². The highest BCUT2D eigenvalue weighted by molar-refractivity contribution is 9.10. The predicted octanol–water partition coefficient (Wildman–Crippen LogP) is 3.56. The van der Waals surface area contributed by atoms with Gasteiger partial charge in [0, 0.05) is 22.9 Å². The first-order valence-electron chi connectivity index (χ1n) is 6.29. The van der Waals surface area contributed by atoms with Crippen LogP contribution >= 0.6 is 15.9 Å². The smallest absolute Gasteiger partial charge is 0.0846 e. The molecule has 0 spiro atoms. The van der Waals surface area contributed by atoms with Crippen LogP contribution in [0.1, 0.15) is 19.3 Å². The molecule has 0 saturated carbocycles. The van der Waals surface area contributed by atoms with Gasteiger partial charge in [-0.3, -0.25) is 4.98 Å². The molecule has 0 N–H and O–H groups in total. The SMILES string of the molecule is [2H]C([2H])([2H])C([2H])([2H])c1ccc(Br)c2ncccc12. The predicted molar refractivity (Wildman–Crippen MR) is 58.8 cm³/mol. The summed E-state index contributed by atoms with van der Waals surface area (Å²) in [6.45, 7) is -2.72. The third-order valence-electron chi connectivity index (χ3n) is 1.86. The van der Waals surface area contributed by atoms with Crippen molar-refractivity contribution >= 4 is 26.8 Å². The average molecular weight is 241 g/mol. The fraction of sp³-hybridized carbons (Fsp3) is 0.182. The molecule has 0 aliphatic carbocycles. The number of aromatic nitrogens is 1. The van der Waals surface area contributed by atoms with Crippen molar-refractivity contribution in [3.8, 4) is 0 Å². The lowest BCUT2D eigenvalue weighted by atomic mass is 10.1. The van der Waals surface area contributed by atoms with E-state index >= 15 is 0 Å². The first-order valence-corrected chi connectivity index (χ1v) is 4.58. The van der Waals surface area contributed by atoms with Crippen LogP contribution in [0.2, 0.25) is 0 Å². The van der Waals surface area contributed by atoms with Crippen molar-refractivity contribution in [2.45, 2.75) is 13.2 Å². The van der Waals surface area contributed by atoms with Gasteiger partial charge in [0.15, 0.2) is 0 Å². The van der Waals surface area contributed by atoms with Gasteiger partial charge in [0.25, 0.3) is 0 Å². The average Bonchev–Trinajstić information content (AvgIpc) is 2.28. The van der Waals surface area contributed by atoms with E-state index in [0.717, 1.165) is 0 Å². The monoisotopic (exact) mass is 240 g/mol. The Morgan fingerprint density at radius 2 is 2.46 bits per heavy atom. The van der Waals surface area contributed by atoms with Gasteiger partial charge in [-0.1, -0.05) is 19.0 Å². The van der Waals surface area contributed by atoms with E-state index in [2.05, 4.69) is 20.9 Å². The van der Waals surface area contributed by atoms with Crippen molar-refractivity contribution in [2.75, 3.05) is 0 Å². The van der Waals surface area contributed by atoms with Gasteiger partial charge in [0.1, 0.15) is 0 Å². The molecule has 1 nitrogen and oxygen atoms in total. The van der Waals surface area contributed by atoms with E-state index in [1.165, 1.54) is 6.07 Å². The third-order valence-corrected chi connectivity index (χ3v) is 2.50. The standard InChI is InChI=1S/C11H10BrN/c1-2-8-5-6-10(12)11-9(8)4-3-7-13-11/h3-7H,2H2,1H3/i1D3,2D2. The molecule has 0 saturated heterocycles. The van der Waals surface area contributed by atoms with Crippen molar-refractivity contribution < 1.29 is 6.85 Å². The molecule has 0 aliphatic heterocycles. The molecule has 0 radical (unpaired) electrons. The normalized spacial score (nSPS) is 18.4. The van der Waals surface area contributed by atoms with E-state index in [4.69, 9.17) is 6.85 Å². The quantitative estimate of drug-likeness (QED) is 0.743. The van der Waals surface area contributed by atoms with Gasteiger partial charge in [-0.15, -0.1) is 0 Å². The summed E-state index contributed by atoms with van der Waals surface area (Å²) >= 11 is 3.32. The maximum atomic E-state index is 7.83. The molecule has 2 rings (SSSR count). The van der Waals surface area contributed by atoms with Crippen LogP contribution in [-0.4, -0.2) is 4.98 Å². The van der Waals surface area contributed by atoms with Crippen LogP contribution in [-0.2, 0) is 6.37 Å². The summed E-state index contributed by atoms with van der Waals surface area (Å²) in [7, 11) is 0. The summed E-state index contributed by atoms with van der Waals surface area (Å²) < 4.78 is 38.4. The second-order valence-corrected chi connectivity index (χ2v) is 3.47. The van der Waals surface area contributed by atoms with E-state index in [1.807, 2.05) is 0 Å². The number of rotatable bonds is 1. The van der Waals surface area contributed by atoms with Gasteiger partial charge in [-0.25, -0.2) is 0 Å². The lowest BCUT2D eigenvalue weighted by Crippen LogP contribution is -1.86. The van der Waals surface area contributed by atoms with Crippen LogP contribution in [0.5, 0.6) is 0 Å².